The van der Waals surface area contributed by atoms with Crippen LogP contribution in [0.15, 0.2) is 23.4 Å². The number of oxime groups is 1. The van der Waals surface area contributed by atoms with Gasteiger partial charge < -0.3 is 19.0 Å². The SMILES string of the molecule is c1cc(OC2CCCCC2)c(OC2CCCC2)cc1C1=NOC2(CCOC2)C1. The van der Waals surface area contributed by atoms with Crippen LogP contribution in [0.25, 0.3) is 0 Å². The summed E-state index contributed by atoms with van der Waals surface area (Å²) in [5.41, 5.74) is 1.82. The predicted octanol–water partition coefficient (Wildman–Crippen LogP) is 5.00. The first-order chi connectivity index (χ1) is 13.8. The fourth-order valence-corrected chi connectivity index (χ4v) is 4.90. The Balaban J connectivity index is 1.36. The molecule has 4 aliphatic rings. The monoisotopic (exact) mass is 385 g/mol. The summed E-state index contributed by atoms with van der Waals surface area (Å²) >= 11 is 0. The lowest BCUT2D eigenvalue weighted by atomic mass is 9.93. The molecular weight excluding hydrogens is 354 g/mol. The van der Waals surface area contributed by atoms with Crippen molar-refractivity contribution in [1.82, 2.24) is 0 Å². The molecule has 0 aromatic heterocycles. The fraction of sp³-hybridized carbons (Fsp3) is 0.696. The van der Waals surface area contributed by atoms with Crippen LogP contribution in [0.3, 0.4) is 0 Å². The smallest absolute Gasteiger partial charge is 0.168 e. The van der Waals surface area contributed by atoms with E-state index in [1.54, 1.807) is 0 Å². The van der Waals surface area contributed by atoms with Gasteiger partial charge in [0.2, 0.25) is 0 Å². The van der Waals surface area contributed by atoms with Crippen LogP contribution in [0.2, 0.25) is 0 Å². The fourth-order valence-electron chi connectivity index (χ4n) is 4.90. The van der Waals surface area contributed by atoms with Crippen LogP contribution in [0.5, 0.6) is 11.5 Å². The van der Waals surface area contributed by atoms with Crippen molar-refractivity contribution in [2.45, 2.75) is 88.4 Å². The maximum atomic E-state index is 6.42. The van der Waals surface area contributed by atoms with Crippen LogP contribution in [0.1, 0.15) is 76.2 Å². The van der Waals surface area contributed by atoms with Crippen molar-refractivity contribution in [3.05, 3.63) is 23.8 Å². The van der Waals surface area contributed by atoms with Crippen LogP contribution < -0.4 is 9.47 Å². The molecule has 2 aliphatic carbocycles. The molecule has 2 heterocycles. The Kier molecular flexibility index (Phi) is 5.19. The molecule has 0 N–H and O–H groups in total. The number of ether oxygens (including phenoxy) is 3. The molecular formula is C23H31NO4. The molecule has 152 valence electrons. The molecule has 1 unspecified atom stereocenters. The van der Waals surface area contributed by atoms with E-state index in [0.717, 1.165) is 67.9 Å². The van der Waals surface area contributed by atoms with Gasteiger partial charge in [-0.1, -0.05) is 11.6 Å². The number of hydrogen-bond acceptors (Lipinski definition) is 5. The molecule has 5 rings (SSSR count). The summed E-state index contributed by atoms with van der Waals surface area (Å²) in [6.07, 6.45) is 13.3. The molecule has 2 aliphatic heterocycles. The summed E-state index contributed by atoms with van der Waals surface area (Å²) in [5, 5.41) is 4.40. The van der Waals surface area contributed by atoms with Crippen molar-refractivity contribution in [3.63, 3.8) is 0 Å². The topological polar surface area (TPSA) is 49.3 Å². The molecule has 1 aromatic rings. The summed E-state index contributed by atoms with van der Waals surface area (Å²) in [5.74, 6) is 1.77. The molecule has 28 heavy (non-hydrogen) atoms. The normalized spacial score (nSPS) is 28.5. The zero-order valence-corrected chi connectivity index (χ0v) is 16.7. The van der Waals surface area contributed by atoms with E-state index in [1.807, 2.05) is 0 Å². The second-order valence-electron chi connectivity index (χ2n) is 8.86. The summed E-state index contributed by atoms with van der Waals surface area (Å²) < 4.78 is 18.4. The number of hydrogen-bond donors (Lipinski definition) is 0. The average molecular weight is 386 g/mol. The van der Waals surface area contributed by atoms with Crippen LogP contribution in [-0.4, -0.2) is 36.7 Å². The minimum absolute atomic E-state index is 0.251. The summed E-state index contributed by atoms with van der Waals surface area (Å²) in [7, 11) is 0. The maximum absolute atomic E-state index is 6.42. The van der Waals surface area contributed by atoms with Gasteiger partial charge in [0, 0.05) is 18.4 Å². The van der Waals surface area contributed by atoms with Crippen molar-refractivity contribution in [1.29, 1.82) is 0 Å². The van der Waals surface area contributed by atoms with Crippen molar-refractivity contribution < 1.29 is 19.0 Å². The molecule has 0 amide bonds. The molecule has 1 atom stereocenters. The van der Waals surface area contributed by atoms with E-state index >= 15 is 0 Å². The predicted molar refractivity (Wildman–Crippen MR) is 107 cm³/mol. The number of nitrogens with zero attached hydrogens (tertiary/aromatic N) is 1. The lowest BCUT2D eigenvalue weighted by molar-refractivity contribution is -0.0237. The number of rotatable bonds is 5. The van der Waals surface area contributed by atoms with Crippen molar-refractivity contribution >= 4 is 5.71 Å². The second kappa shape index (κ2) is 7.94. The highest BCUT2D eigenvalue weighted by Crippen LogP contribution is 2.38. The van der Waals surface area contributed by atoms with Gasteiger partial charge in [0.15, 0.2) is 17.1 Å². The van der Waals surface area contributed by atoms with Crippen LogP contribution >= 0.6 is 0 Å². The molecule has 0 radical (unpaired) electrons. The van der Waals surface area contributed by atoms with E-state index in [0.29, 0.717) is 18.8 Å². The van der Waals surface area contributed by atoms with E-state index in [2.05, 4.69) is 23.4 Å². The molecule has 1 spiro atoms. The molecule has 5 nitrogen and oxygen atoms in total. The Labute approximate surface area is 167 Å². The lowest BCUT2D eigenvalue weighted by Gasteiger charge is -2.25. The Hall–Kier alpha value is -1.75. The standard InChI is InChI=1S/C23H31NO4/c1-2-6-18(7-3-1)26-21-11-10-17(14-22(21)27-19-8-4-5-9-19)20-15-23(28-24-20)12-13-25-16-23/h10-11,14,18-19H,1-9,12-13,15-16H2. The molecule has 5 heteroatoms. The minimum Gasteiger partial charge on any atom is -0.487 e. The van der Waals surface area contributed by atoms with Crippen molar-refractivity contribution in [2.75, 3.05) is 13.2 Å². The lowest BCUT2D eigenvalue weighted by Crippen LogP contribution is -2.29. The molecule has 0 bridgehead atoms. The Bertz CT molecular complexity index is 713. The Morgan fingerprint density at radius 3 is 2.32 bits per heavy atom. The zero-order valence-electron chi connectivity index (χ0n) is 16.7. The third-order valence-corrected chi connectivity index (χ3v) is 6.62. The minimum atomic E-state index is -0.251. The first-order valence-corrected chi connectivity index (χ1v) is 11.1. The molecule has 3 fully saturated rings. The van der Waals surface area contributed by atoms with E-state index < -0.39 is 0 Å². The van der Waals surface area contributed by atoms with E-state index in [9.17, 15) is 0 Å². The highest BCUT2D eigenvalue weighted by molar-refractivity contribution is 6.02. The maximum Gasteiger partial charge on any atom is 0.168 e. The largest absolute Gasteiger partial charge is 0.487 e. The van der Waals surface area contributed by atoms with Gasteiger partial charge in [-0.25, -0.2) is 0 Å². The van der Waals surface area contributed by atoms with Crippen LogP contribution in [0.4, 0.5) is 0 Å². The second-order valence-corrected chi connectivity index (χ2v) is 8.86. The van der Waals surface area contributed by atoms with Crippen molar-refractivity contribution in [2.24, 2.45) is 5.16 Å². The summed E-state index contributed by atoms with van der Waals surface area (Å²) in [6.45, 7) is 1.39. The van der Waals surface area contributed by atoms with Gasteiger partial charge in [-0.3, -0.25) is 0 Å². The number of benzene rings is 1. The van der Waals surface area contributed by atoms with Crippen LogP contribution in [0, 0.1) is 0 Å². The first-order valence-electron chi connectivity index (χ1n) is 11.1. The van der Waals surface area contributed by atoms with E-state index in [4.69, 9.17) is 19.0 Å². The Morgan fingerprint density at radius 2 is 1.61 bits per heavy atom. The first kappa shape index (κ1) is 18.3. The molecule has 1 saturated heterocycles. The van der Waals surface area contributed by atoms with Gasteiger partial charge in [-0.05, 0) is 69.6 Å². The third kappa shape index (κ3) is 3.86. The van der Waals surface area contributed by atoms with E-state index in [-0.39, 0.29) is 5.60 Å². The third-order valence-electron chi connectivity index (χ3n) is 6.62. The summed E-state index contributed by atoms with van der Waals surface area (Å²) in [4.78, 5) is 5.78. The zero-order chi connectivity index (χ0) is 18.8. The van der Waals surface area contributed by atoms with Gasteiger partial charge in [0.25, 0.3) is 0 Å². The average Bonchev–Trinajstić information content (AvgIpc) is 3.48. The van der Waals surface area contributed by atoms with Gasteiger partial charge in [0.1, 0.15) is 0 Å². The molecule has 2 saturated carbocycles. The van der Waals surface area contributed by atoms with Crippen LogP contribution in [-0.2, 0) is 9.57 Å². The highest BCUT2D eigenvalue weighted by Gasteiger charge is 2.43. The quantitative estimate of drug-likeness (QED) is 0.715. The van der Waals surface area contributed by atoms with Gasteiger partial charge >= 0.3 is 0 Å². The highest BCUT2D eigenvalue weighted by atomic mass is 16.7. The van der Waals surface area contributed by atoms with Gasteiger partial charge in [0.05, 0.1) is 31.1 Å². The van der Waals surface area contributed by atoms with Crippen molar-refractivity contribution in [3.8, 4) is 11.5 Å². The van der Waals surface area contributed by atoms with E-state index in [1.165, 1.54) is 32.1 Å². The Morgan fingerprint density at radius 1 is 0.893 bits per heavy atom. The van der Waals surface area contributed by atoms with Gasteiger partial charge in [-0.2, -0.15) is 0 Å². The molecule has 1 aromatic carbocycles. The summed E-state index contributed by atoms with van der Waals surface area (Å²) in [6, 6.07) is 6.30. The van der Waals surface area contributed by atoms with Gasteiger partial charge in [-0.15, -0.1) is 0 Å².